The first-order valence-electron chi connectivity index (χ1n) is 8.17. The van der Waals surface area contributed by atoms with Crippen molar-refractivity contribution in [1.82, 2.24) is 8.96 Å². The molecule has 0 aliphatic carbocycles. The maximum atomic E-state index is 12.8. The van der Waals surface area contributed by atoms with Crippen molar-refractivity contribution in [3.63, 3.8) is 0 Å². The lowest BCUT2D eigenvalue weighted by Crippen LogP contribution is -2.11. The van der Waals surface area contributed by atoms with E-state index in [9.17, 15) is 8.42 Å². The van der Waals surface area contributed by atoms with E-state index in [1.165, 1.54) is 15.3 Å². The zero-order chi connectivity index (χ0) is 18.9. The Hall–Kier alpha value is -2.97. The summed E-state index contributed by atoms with van der Waals surface area (Å²) in [5.74, 6) is 0. The Morgan fingerprint density at radius 3 is 2.70 bits per heavy atom. The molecule has 4 rings (SSSR count). The zero-order valence-corrected chi connectivity index (χ0v) is 16.0. The summed E-state index contributed by atoms with van der Waals surface area (Å²) in [6.07, 6.45) is 3.25. The van der Waals surface area contributed by atoms with Crippen molar-refractivity contribution in [2.24, 2.45) is 5.10 Å². The largest absolute Gasteiger partial charge is 0.268 e. The molecule has 2 aromatic carbocycles. The first-order chi connectivity index (χ1) is 13.0. The maximum absolute atomic E-state index is 12.8. The number of hydrogen-bond donors (Lipinski definition) is 1. The molecule has 0 saturated carbocycles. The van der Waals surface area contributed by atoms with Crippen LogP contribution in [0.5, 0.6) is 0 Å². The second-order valence-corrected chi connectivity index (χ2v) is 8.58. The molecule has 0 saturated heterocycles. The van der Waals surface area contributed by atoms with Gasteiger partial charge in [0.05, 0.1) is 22.3 Å². The SMILES string of the molecule is Cc1csc(NN=Cc2ccc3c(ccn3S(=O)(=O)c3ccccc3)c2)n1. The van der Waals surface area contributed by atoms with Gasteiger partial charge in [-0.25, -0.2) is 17.4 Å². The average molecular weight is 396 g/mol. The van der Waals surface area contributed by atoms with Gasteiger partial charge >= 0.3 is 0 Å². The molecule has 0 aliphatic rings. The van der Waals surface area contributed by atoms with Crippen molar-refractivity contribution in [2.75, 3.05) is 5.43 Å². The van der Waals surface area contributed by atoms with Crippen molar-refractivity contribution < 1.29 is 8.42 Å². The van der Waals surface area contributed by atoms with Gasteiger partial charge in [0.1, 0.15) is 0 Å². The van der Waals surface area contributed by atoms with Crippen molar-refractivity contribution in [2.45, 2.75) is 11.8 Å². The lowest BCUT2D eigenvalue weighted by molar-refractivity contribution is 0.589. The Kier molecular flexibility index (Phi) is 4.51. The van der Waals surface area contributed by atoms with Gasteiger partial charge in [0.25, 0.3) is 10.0 Å². The number of benzene rings is 2. The summed E-state index contributed by atoms with van der Waals surface area (Å²) in [4.78, 5) is 4.53. The average Bonchev–Trinajstić information content (AvgIpc) is 3.28. The molecule has 4 aromatic rings. The number of aryl methyl sites for hydroxylation is 1. The van der Waals surface area contributed by atoms with Gasteiger partial charge < -0.3 is 0 Å². The van der Waals surface area contributed by atoms with E-state index < -0.39 is 10.0 Å². The molecule has 0 amide bonds. The molecule has 0 unspecified atom stereocenters. The number of nitrogens with one attached hydrogen (secondary N) is 1. The van der Waals surface area contributed by atoms with Crippen LogP contribution in [0.4, 0.5) is 5.13 Å². The van der Waals surface area contributed by atoms with Crippen molar-refractivity contribution in [3.8, 4) is 0 Å². The number of anilines is 1. The second kappa shape index (κ2) is 6.98. The Morgan fingerprint density at radius 2 is 1.96 bits per heavy atom. The van der Waals surface area contributed by atoms with Crippen LogP contribution in [0.1, 0.15) is 11.3 Å². The fourth-order valence-corrected chi connectivity index (χ4v) is 4.71. The molecule has 2 aromatic heterocycles. The predicted octanol–water partition coefficient (Wildman–Crippen LogP) is 4.09. The number of hydrazone groups is 1. The Labute approximate surface area is 160 Å². The zero-order valence-electron chi connectivity index (χ0n) is 14.4. The summed E-state index contributed by atoms with van der Waals surface area (Å²) in [6, 6.07) is 15.7. The number of aromatic nitrogens is 2. The molecule has 0 spiro atoms. The summed E-state index contributed by atoms with van der Waals surface area (Å²) in [5, 5.41) is 7.68. The van der Waals surface area contributed by atoms with E-state index in [-0.39, 0.29) is 4.90 Å². The third-order valence-corrected chi connectivity index (χ3v) is 6.54. The molecular weight excluding hydrogens is 380 g/mol. The van der Waals surface area contributed by atoms with Gasteiger partial charge in [-0.15, -0.1) is 11.3 Å². The van der Waals surface area contributed by atoms with Crippen molar-refractivity contribution in [1.29, 1.82) is 0 Å². The quantitative estimate of drug-likeness (QED) is 0.407. The molecular formula is C19H16N4O2S2. The molecule has 0 fully saturated rings. The highest BCUT2D eigenvalue weighted by molar-refractivity contribution is 7.90. The van der Waals surface area contributed by atoms with Gasteiger partial charge in [-0.2, -0.15) is 5.10 Å². The highest BCUT2D eigenvalue weighted by Crippen LogP contribution is 2.23. The van der Waals surface area contributed by atoms with Crippen LogP contribution in [-0.4, -0.2) is 23.6 Å². The van der Waals surface area contributed by atoms with E-state index >= 15 is 0 Å². The summed E-state index contributed by atoms with van der Waals surface area (Å²) in [6.45, 7) is 1.92. The molecule has 8 heteroatoms. The normalized spacial score (nSPS) is 12.0. The van der Waals surface area contributed by atoms with Crippen LogP contribution in [0.15, 0.2) is 76.2 Å². The van der Waals surface area contributed by atoms with E-state index in [0.29, 0.717) is 5.52 Å². The molecule has 0 radical (unpaired) electrons. The van der Waals surface area contributed by atoms with Gasteiger partial charge in [-0.1, -0.05) is 24.3 Å². The van der Waals surface area contributed by atoms with Crippen molar-refractivity contribution >= 4 is 43.6 Å². The van der Waals surface area contributed by atoms with E-state index in [0.717, 1.165) is 21.8 Å². The number of hydrogen-bond acceptors (Lipinski definition) is 6. The van der Waals surface area contributed by atoms with Gasteiger partial charge in [0, 0.05) is 17.0 Å². The van der Waals surface area contributed by atoms with Crippen LogP contribution in [-0.2, 0) is 10.0 Å². The Morgan fingerprint density at radius 1 is 1.15 bits per heavy atom. The first kappa shape index (κ1) is 17.4. The van der Waals surface area contributed by atoms with Crippen LogP contribution in [0, 0.1) is 6.92 Å². The molecule has 0 atom stereocenters. The van der Waals surface area contributed by atoms with Crippen LogP contribution < -0.4 is 5.43 Å². The molecule has 1 N–H and O–H groups in total. The van der Waals surface area contributed by atoms with Gasteiger partial charge in [0.15, 0.2) is 0 Å². The van der Waals surface area contributed by atoms with E-state index in [4.69, 9.17) is 0 Å². The third kappa shape index (κ3) is 3.49. The molecule has 6 nitrogen and oxygen atoms in total. The summed E-state index contributed by atoms with van der Waals surface area (Å²) < 4.78 is 27.0. The van der Waals surface area contributed by atoms with Gasteiger partial charge in [-0.05, 0) is 42.8 Å². The molecule has 27 heavy (non-hydrogen) atoms. The lowest BCUT2D eigenvalue weighted by atomic mass is 10.2. The smallest absolute Gasteiger partial charge is 0.253 e. The Balaban J connectivity index is 1.62. The van der Waals surface area contributed by atoms with Crippen LogP contribution >= 0.6 is 11.3 Å². The highest BCUT2D eigenvalue weighted by atomic mass is 32.2. The first-order valence-corrected chi connectivity index (χ1v) is 10.5. The minimum atomic E-state index is -3.62. The lowest BCUT2D eigenvalue weighted by Gasteiger charge is -2.07. The monoisotopic (exact) mass is 396 g/mol. The number of fused-ring (bicyclic) bond motifs is 1. The summed E-state index contributed by atoms with van der Waals surface area (Å²) in [5.41, 5.74) is 5.32. The van der Waals surface area contributed by atoms with E-state index in [1.807, 2.05) is 24.4 Å². The van der Waals surface area contributed by atoms with Crippen LogP contribution in [0.25, 0.3) is 10.9 Å². The number of rotatable bonds is 5. The molecule has 0 aliphatic heterocycles. The van der Waals surface area contributed by atoms with Crippen LogP contribution in [0.3, 0.4) is 0 Å². The standard InChI is InChI=1S/C19H16N4O2S2/c1-14-13-26-19(21-14)22-20-12-15-7-8-18-16(11-15)9-10-23(18)27(24,25)17-5-3-2-4-6-17/h2-13H,1H3,(H,21,22). The Bertz CT molecular complexity index is 1230. The third-order valence-electron chi connectivity index (χ3n) is 3.97. The van der Waals surface area contributed by atoms with Crippen molar-refractivity contribution in [3.05, 3.63) is 77.4 Å². The predicted molar refractivity (Wildman–Crippen MR) is 109 cm³/mol. The van der Waals surface area contributed by atoms with E-state index in [2.05, 4.69) is 15.5 Å². The van der Waals surface area contributed by atoms with Gasteiger partial charge in [0.2, 0.25) is 5.13 Å². The second-order valence-electron chi connectivity index (χ2n) is 5.91. The fourth-order valence-electron chi connectivity index (χ4n) is 2.70. The van der Waals surface area contributed by atoms with Gasteiger partial charge in [-0.3, -0.25) is 5.43 Å². The molecule has 2 heterocycles. The fraction of sp³-hybridized carbons (Fsp3) is 0.0526. The molecule has 0 bridgehead atoms. The number of nitrogens with zero attached hydrogens (tertiary/aromatic N) is 3. The van der Waals surface area contributed by atoms with Crippen LogP contribution in [0.2, 0.25) is 0 Å². The highest BCUT2D eigenvalue weighted by Gasteiger charge is 2.18. The summed E-state index contributed by atoms with van der Waals surface area (Å²) >= 11 is 1.49. The van der Waals surface area contributed by atoms with E-state index in [1.54, 1.807) is 54.9 Å². The summed E-state index contributed by atoms with van der Waals surface area (Å²) in [7, 11) is -3.62. The minimum Gasteiger partial charge on any atom is -0.253 e. The topological polar surface area (TPSA) is 76.3 Å². The molecule has 136 valence electrons. The number of thiazole rings is 1. The minimum absolute atomic E-state index is 0.260. The maximum Gasteiger partial charge on any atom is 0.268 e.